The normalized spacial score (nSPS) is 14.7. The molecule has 0 saturated carbocycles. The molecule has 1 aliphatic heterocycles. The molecule has 7 nitrogen and oxygen atoms in total. The number of nitrogens with zero attached hydrogens (tertiary/aromatic N) is 5. The molecule has 0 bridgehead atoms. The summed E-state index contributed by atoms with van der Waals surface area (Å²) in [6.07, 6.45) is 10.7. The maximum Gasteiger partial charge on any atom is 0.239 e. The van der Waals surface area contributed by atoms with Gasteiger partial charge >= 0.3 is 0 Å². The molecule has 1 saturated heterocycles. The standard InChI is InChI=1S/C18H18N6O/c25-18(12-24-5-1-2-6-24)23-17-8-13-7-15(16-11-19-3-4-20-16)21-9-14(13)10-22-17/h3-4,7-11H,1-2,5-6,12H2,(H,22,23,25). The summed E-state index contributed by atoms with van der Waals surface area (Å²) in [5.74, 6) is 0.518. The van der Waals surface area contributed by atoms with Crippen LogP contribution in [-0.4, -0.2) is 50.4 Å². The number of aromatic nitrogens is 4. The Morgan fingerprint density at radius 1 is 0.960 bits per heavy atom. The highest BCUT2D eigenvalue weighted by Gasteiger charge is 2.15. The van der Waals surface area contributed by atoms with E-state index in [9.17, 15) is 4.79 Å². The zero-order chi connectivity index (χ0) is 17.1. The predicted molar refractivity (Wildman–Crippen MR) is 94.9 cm³/mol. The number of likely N-dealkylation sites (tertiary alicyclic amines) is 1. The van der Waals surface area contributed by atoms with E-state index in [1.54, 1.807) is 31.0 Å². The minimum absolute atomic E-state index is 0.0306. The van der Waals surface area contributed by atoms with Gasteiger partial charge in [-0.05, 0) is 43.5 Å². The van der Waals surface area contributed by atoms with Gasteiger partial charge in [0.1, 0.15) is 11.5 Å². The number of carbonyl (C=O) groups is 1. The summed E-state index contributed by atoms with van der Waals surface area (Å²) in [6, 6.07) is 3.79. The first-order valence-electron chi connectivity index (χ1n) is 8.32. The van der Waals surface area contributed by atoms with Crippen LogP contribution in [0.2, 0.25) is 0 Å². The van der Waals surface area contributed by atoms with Crippen molar-refractivity contribution < 1.29 is 4.79 Å². The molecule has 7 heteroatoms. The SMILES string of the molecule is O=C(CN1CCCC1)Nc1cc2cc(-c3cnccn3)ncc2cn1. The molecule has 1 aliphatic rings. The summed E-state index contributed by atoms with van der Waals surface area (Å²) in [5, 5.41) is 4.73. The van der Waals surface area contributed by atoms with E-state index in [0.29, 0.717) is 18.1 Å². The van der Waals surface area contributed by atoms with Crippen molar-refractivity contribution in [2.75, 3.05) is 25.0 Å². The predicted octanol–water partition coefficient (Wildman–Crippen LogP) is 2.12. The van der Waals surface area contributed by atoms with Gasteiger partial charge in [0.25, 0.3) is 0 Å². The van der Waals surface area contributed by atoms with E-state index >= 15 is 0 Å². The third kappa shape index (κ3) is 3.61. The first kappa shape index (κ1) is 15.6. The van der Waals surface area contributed by atoms with Gasteiger partial charge in [-0.2, -0.15) is 0 Å². The average molecular weight is 334 g/mol. The Morgan fingerprint density at radius 2 is 1.80 bits per heavy atom. The van der Waals surface area contributed by atoms with Gasteiger partial charge in [-0.3, -0.25) is 24.6 Å². The van der Waals surface area contributed by atoms with Gasteiger partial charge in [-0.25, -0.2) is 4.98 Å². The highest BCUT2D eigenvalue weighted by atomic mass is 16.2. The molecule has 3 aromatic rings. The Hall–Kier alpha value is -2.93. The molecule has 0 atom stereocenters. The maximum atomic E-state index is 12.2. The Labute approximate surface area is 145 Å². The van der Waals surface area contributed by atoms with E-state index in [1.807, 2.05) is 12.1 Å². The van der Waals surface area contributed by atoms with Crippen molar-refractivity contribution in [3.05, 3.63) is 43.1 Å². The Kier molecular flexibility index (Phi) is 4.30. The smallest absolute Gasteiger partial charge is 0.239 e. The summed E-state index contributed by atoms with van der Waals surface area (Å²) in [5.41, 5.74) is 1.45. The third-order valence-corrected chi connectivity index (χ3v) is 4.26. The van der Waals surface area contributed by atoms with Crippen molar-refractivity contribution in [2.24, 2.45) is 0 Å². The van der Waals surface area contributed by atoms with E-state index in [1.165, 1.54) is 12.8 Å². The molecule has 0 radical (unpaired) electrons. The van der Waals surface area contributed by atoms with Crippen LogP contribution in [0.5, 0.6) is 0 Å². The molecular weight excluding hydrogens is 316 g/mol. The number of rotatable bonds is 4. The molecule has 1 fully saturated rings. The quantitative estimate of drug-likeness (QED) is 0.787. The number of hydrogen-bond donors (Lipinski definition) is 1. The maximum absolute atomic E-state index is 12.2. The number of carbonyl (C=O) groups excluding carboxylic acids is 1. The molecular formula is C18H18N6O. The fraction of sp³-hybridized carbons (Fsp3) is 0.278. The summed E-state index contributed by atoms with van der Waals surface area (Å²) in [7, 11) is 0. The van der Waals surface area contributed by atoms with Crippen LogP contribution in [-0.2, 0) is 4.79 Å². The van der Waals surface area contributed by atoms with Crippen LogP contribution in [0.3, 0.4) is 0 Å². The van der Waals surface area contributed by atoms with Crippen molar-refractivity contribution >= 4 is 22.5 Å². The number of hydrogen-bond acceptors (Lipinski definition) is 6. The van der Waals surface area contributed by atoms with Crippen molar-refractivity contribution in [3.8, 4) is 11.4 Å². The zero-order valence-corrected chi connectivity index (χ0v) is 13.7. The second-order valence-electron chi connectivity index (χ2n) is 6.11. The van der Waals surface area contributed by atoms with Crippen molar-refractivity contribution in [3.63, 3.8) is 0 Å². The highest BCUT2D eigenvalue weighted by Crippen LogP contribution is 2.21. The van der Waals surface area contributed by atoms with Gasteiger partial charge in [0.05, 0.1) is 18.4 Å². The van der Waals surface area contributed by atoms with Crippen LogP contribution in [0.25, 0.3) is 22.2 Å². The van der Waals surface area contributed by atoms with Crippen molar-refractivity contribution in [1.82, 2.24) is 24.8 Å². The Balaban J connectivity index is 1.55. The Morgan fingerprint density at radius 3 is 2.60 bits per heavy atom. The zero-order valence-electron chi connectivity index (χ0n) is 13.7. The minimum atomic E-state index is -0.0306. The summed E-state index contributed by atoms with van der Waals surface area (Å²) in [6.45, 7) is 2.40. The third-order valence-electron chi connectivity index (χ3n) is 4.26. The molecule has 3 aromatic heterocycles. The average Bonchev–Trinajstić information content (AvgIpc) is 3.14. The summed E-state index contributed by atoms with van der Waals surface area (Å²) in [4.78, 5) is 31.4. The largest absolute Gasteiger partial charge is 0.310 e. The molecule has 1 amide bonds. The molecule has 0 aromatic carbocycles. The van der Waals surface area contributed by atoms with Crippen LogP contribution in [0.4, 0.5) is 5.82 Å². The number of anilines is 1. The lowest BCUT2D eigenvalue weighted by Gasteiger charge is -2.13. The van der Waals surface area contributed by atoms with Gasteiger partial charge in [0.2, 0.25) is 5.91 Å². The monoisotopic (exact) mass is 334 g/mol. The topological polar surface area (TPSA) is 83.9 Å². The summed E-state index contributed by atoms with van der Waals surface area (Å²) < 4.78 is 0. The lowest BCUT2D eigenvalue weighted by molar-refractivity contribution is -0.117. The first-order chi connectivity index (χ1) is 12.3. The number of nitrogens with one attached hydrogen (secondary N) is 1. The molecule has 0 spiro atoms. The molecule has 4 heterocycles. The van der Waals surface area contributed by atoms with E-state index in [4.69, 9.17) is 0 Å². The van der Waals surface area contributed by atoms with Crippen molar-refractivity contribution in [1.29, 1.82) is 0 Å². The molecule has 126 valence electrons. The van der Waals surface area contributed by atoms with Gasteiger partial charge in [-0.1, -0.05) is 0 Å². The second kappa shape index (κ2) is 6.90. The first-order valence-corrected chi connectivity index (χ1v) is 8.32. The fourth-order valence-electron chi connectivity index (χ4n) is 3.00. The van der Waals surface area contributed by atoms with Crippen LogP contribution < -0.4 is 5.32 Å². The minimum Gasteiger partial charge on any atom is -0.310 e. The van der Waals surface area contributed by atoms with E-state index in [-0.39, 0.29) is 5.91 Å². The lowest BCUT2D eigenvalue weighted by atomic mass is 10.1. The number of pyridine rings is 2. The van der Waals surface area contributed by atoms with Crippen LogP contribution in [0.1, 0.15) is 12.8 Å². The number of fused-ring (bicyclic) bond motifs is 1. The molecule has 0 unspecified atom stereocenters. The molecule has 1 N–H and O–H groups in total. The summed E-state index contributed by atoms with van der Waals surface area (Å²) >= 11 is 0. The number of amides is 1. The van der Waals surface area contributed by atoms with Crippen LogP contribution >= 0.6 is 0 Å². The highest BCUT2D eigenvalue weighted by molar-refractivity contribution is 5.94. The fourth-order valence-corrected chi connectivity index (χ4v) is 3.00. The van der Waals surface area contributed by atoms with Crippen molar-refractivity contribution in [2.45, 2.75) is 12.8 Å². The van der Waals surface area contributed by atoms with Gasteiger partial charge in [0, 0.05) is 30.2 Å². The van der Waals surface area contributed by atoms with E-state index < -0.39 is 0 Å². The van der Waals surface area contributed by atoms with E-state index in [0.717, 1.165) is 29.6 Å². The van der Waals surface area contributed by atoms with Crippen LogP contribution in [0, 0.1) is 0 Å². The van der Waals surface area contributed by atoms with Gasteiger partial charge < -0.3 is 5.32 Å². The molecule has 25 heavy (non-hydrogen) atoms. The Bertz CT molecular complexity index is 892. The molecule has 0 aliphatic carbocycles. The van der Waals surface area contributed by atoms with E-state index in [2.05, 4.69) is 30.2 Å². The van der Waals surface area contributed by atoms with Gasteiger partial charge in [0.15, 0.2) is 0 Å². The lowest BCUT2D eigenvalue weighted by Crippen LogP contribution is -2.31. The second-order valence-corrected chi connectivity index (χ2v) is 6.11. The molecule has 4 rings (SSSR count). The van der Waals surface area contributed by atoms with Gasteiger partial charge in [-0.15, -0.1) is 0 Å². The van der Waals surface area contributed by atoms with Crippen LogP contribution in [0.15, 0.2) is 43.1 Å².